The maximum atomic E-state index is 11.8. The average Bonchev–Trinajstić information content (AvgIpc) is 2.75. The molecule has 2 aromatic rings. The second kappa shape index (κ2) is 5.96. The Balaban J connectivity index is 2.28. The second-order valence-electron chi connectivity index (χ2n) is 4.10. The Labute approximate surface area is 112 Å². The van der Waals surface area contributed by atoms with Crippen LogP contribution < -0.4 is 5.32 Å². The van der Waals surface area contributed by atoms with Gasteiger partial charge in [-0.2, -0.15) is 12.6 Å². The van der Waals surface area contributed by atoms with E-state index in [9.17, 15) is 4.79 Å². The summed E-state index contributed by atoms with van der Waals surface area (Å²) < 4.78 is 5.76. The van der Waals surface area contributed by atoms with Gasteiger partial charge < -0.3 is 9.73 Å². The van der Waals surface area contributed by atoms with Gasteiger partial charge in [0.1, 0.15) is 11.3 Å². The first kappa shape index (κ1) is 13.0. The number of thiol groups is 1. The normalized spacial score (nSPS) is 10.8. The Hall–Kier alpha value is -1.42. The number of carbonyl (C=O) groups excluding carboxylic acids is 1. The molecule has 0 aliphatic heterocycles. The van der Waals surface area contributed by atoms with Crippen molar-refractivity contribution in [1.82, 2.24) is 5.32 Å². The molecule has 0 saturated heterocycles. The van der Waals surface area contributed by atoms with E-state index in [2.05, 4.69) is 17.9 Å². The van der Waals surface area contributed by atoms with Gasteiger partial charge in [-0.1, -0.05) is 25.1 Å². The summed E-state index contributed by atoms with van der Waals surface area (Å²) >= 11 is 4.07. The molecule has 0 atom stereocenters. The van der Waals surface area contributed by atoms with E-state index >= 15 is 0 Å². The number of amides is 1. The van der Waals surface area contributed by atoms with Gasteiger partial charge in [0.15, 0.2) is 0 Å². The average molecular weight is 263 g/mol. The predicted molar refractivity (Wildman–Crippen MR) is 76.2 cm³/mol. The van der Waals surface area contributed by atoms with Gasteiger partial charge in [-0.3, -0.25) is 4.79 Å². The van der Waals surface area contributed by atoms with Crippen molar-refractivity contribution in [2.45, 2.75) is 19.8 Å². The molecule has 4 heteroatoms. The fraction of sp³-hybridized carbons (Fsp3) is 0.357. The minimum atomic E-state index is 0.0188. The number of benzene rings is 1. The van der Waals surface area contributed by atoms with Gasteiger partial charge in [0.2, 0.25) is 5.91 Å². The third-order valence-corrected chi connectivity index (χ3v) is 3.10. The second-order valence-corrected chi connectivity index (χ2v) is 4.55. The van der Waals surface area contributed by atoms with Crippen molar-refractivity contribution in [3.63, 3.8) is 0 Å². The number of para-hydroxylation sites is 1. The molecule has 0 aliphatic carbocycles. The highest BCUT2D eigenvalue weighted by atomic mass is 32.1. The first-order valence-electron chi connectivity index (χ1n) is 6.13. The number of hydrogen-bond acceptors (Lipinski definition) is 3. The number of rotatable bonds is 5. The van der Waals surface area contributed by atoms with Crippen LogP contribution in [-0.2, 0) is 17.6 Å². The minimum Gasteiger partial charge on any atom is -0.461 e. The van der Waals surface area contributed by atoms with Gasteiger partial charge in [-0.05, 0) is 6.07 Å². The molecule has 18 heavy (non-hydrogen) atoms. The number of hydrogen-bond donors (Lipinski definition) is 2. The first-order chi connectivity index (χ1) is 8.76. The van der Waals surface area contributed by atoms with Crippen LogP contribution in [0.5, 0.6) is 0 Å². The van der Waals surface area contributed by atoms with E-state index in [4.69, 9.17) is 4.42 Å². The third kappa shape index (κ3) is 2.70. The van der Waals surface area contributed by atoms with Crippen molar-refractivity contribution in [1.29, 1.82) is 0 Å². The third-order valence-electron chi connectivity index (χ3n) is 2.87. The number of furan rings is 1. The summed E-state index contributed by atoms with van der Waals surface area (Å²) in [5.41, 5.74) is 1.86. The highest BCUT2D eigenvalue weighted by Crippen LogP contribution is 2.26. The molecule has 96 valence electrons. The van der Waals surface area contributed by atoms with Crippen LogP contribution in [0.25, 0.3) is 11.0 Å². The summed E-state index contributed by atoms with van der Waals surface area (Å²) in [5, 5.41) is 3.87. The SMILES string of the molecule is CCc1oc2ccccc2c1CC(=O)NCCS. The minimum absolute atomic E-state index is 0.0188. The summed E-state index contributed by atoms with van der Waals surface area (Å²) in [4.78, 5) is 11.8. The molecule has 0 saturated carbocycles. The van der Waals surface area contributed by atoms with Crippen molar-refractivity contribution >= 4 is 29.5 Å². The van der Waals surface area contributed by atoms with Crippen LogP contribution in [0, 0.1) is 0 Å². The molecule has 0 unspecified atom stereocenters. The number of fused-ring (bicyclic) bond motifs is 1. The Kier molecular flexibility index (Phi) is 4.31. The molecule has 1 aromatic carbocycles. The summed E-state index contributed by atoms with van der Waals surface area (Å²) in [6.45, 7) is 2.63. The molecule has 0 radical (unpaired) electrons. The van der Waals surface area contributed by atoms with Crippen molar-refractivity contribution in [2.75, 3.05) is 12.3 Å². The number of carbonyl (C=O) groups is 1. The highest BCUT2D eigenvalue weighted by Gasteiger charge is 2.15. The lowest BCUT2D eigenvalue weighted by Gasteiger charge is -2.03. The van der Waals surface area contributed by atoms with Crippen molar-refractivity contribution in [3.8, 4) is 0 Å². The molecular formula is C14H17NO2S. The topological polar surface area (TPSA) is 42.2 Å². The van der Waals surface area contributed by atoms with E-state index in [1.807, 2.05) is 31.2 Å². The lowest BCUT2D eigenvalue weighted by molar-refractivity contribution is -0.120. The van der Waals surface area contributed by atoms with Crippen LogP contribution >= 0.6 is 12.6 Å². The van der Waals surface area contributed by atoms with Gasteiger partial charge in [-0.15, -0.1) is 0 Å². The quantitative estimate of drug-likeness (QED) is 0.814. The summed E-state index contributed by atoms with van der Waals surface area (Å²) in [6, 6.07) is 7.84. The van der Waals surface area contributed by atoms with Crippen LogP contribution in [0.1, 0.15) is 18.2 Å². The number of nitrogens with one attached hydrogen (secondary N) is 1. The molecule has 1 N–H and O–H groups in total. The standard InChI is InChI=1S/C14H17NO2S/c1-2-12-11(9-14(16)15-7-8-18)10-5-3-4-6-13(10)17-12/h3-6,18H,2,7-9H2,1H3,(H,15,16). The molecule has 0 fully saturated rings. The molecule has 1 aromatic heterocycles. The molecule has 2 rings (SSSR count). The monoisotopic (exact) mass is 263 g/mol. The zero-order chi connectivity index (χ0) is 13.0. The van der Waals surface area contributed by atoms with Crippen LogP contribution in [0.3, 0.4) is 0 Å². The van der Waals surface area contributed by atoms with Crippen LogP contribution in [0.2, 0.25) is 0 Å². The van der Waals surface area contributed by atoms with Crippen LogP contribution in [0.15, 0.2) is 28.7 Å². The Morgan fingerprint density at radius 1 is 1.39 bits per heavy atom. The fourth-order valence-electron chi connectivity index (χ4n) is 2.05. The summed E-state index contributed by atoms with van der Waals surface area (Å²) in [7, 11) is 0. The van der Waals surface area contributed by atoms with Crippen LogP contribution in [0.4, 0.5) is 0 Å². The molecule has 0 bridgehead atoms. The predicted octanol–water partition coefficient (Wildman–Crippen LogP) is 2.58. The number of aryl methyl sites for hydroxylation is 1. The zero-order valence-electron chi connectivity index (χ0n) is 10.4. The maximum absolute atomic E-state index is 11.8. The molecule has 3 nitrogen and oxygen atoms in total. The van der Waals surface area contributed by atoms with E-state index < -0.39 is 0 Å². The van der Waals surface area contributed by atoms with Gasteiger partial charge >= 0.3 is 0 Å². The largest absolute Gasteiger partial charge is 0.461 e. The summed E-state index contributed by atoms with van der Waals surface area (Å²) in [6.07, 6.45) is 1.16. The lowest BCUT2D eigenvalue weighted by Crippen LogP contribution is -2.27. The molecule has 1 heterocycles. The van der Waals surface area contributed by atoms with Gasteiger partial charge in [0.05, 0.1) is 6.42 Å². The Morgan fingerprint density at radius 2 is 2.17 bits per heavy atom. The van der Waals surface area contributed by atoms with E-state index in [1.165, 1.54) is 0 Å². The van der Waals surface area contributed by atoms with E-state index in [-0.39, 0.29) is 5.91 Å². The van der Waals surface area contributed by atoms with E-state index in [0.717, 1.165) is 28.7 Å². The zero-order valence-corrected chi connectivity index (χ0v) is 11.3. The molecular weight excluding hydrogens is 246 g/mol. The van der Waals surface area contributed by atoms with Gasteiger partial charge in [-0.25, -0.2) is 0 Å². The molecule has 1 amide bonds. The maximum Gasteiger partial charge on any atom is 0.224 e. The smallest absolute Gasteiger partial charge is 0.224 e. The Bertz CT molecular complexity index is 548. The highest BCUT2D eigenvalue weighted by molar-refractivity contribution is 7.80. The van der Waals surface area contributed by atoms with Crippen LogP contribution in [-0.4, -0.2) is 18.2 Å². The molecule has 0 spiro atoms. The van der Waals surface area contributed by atoms with Crippen molar-refractivity contribution in [3.05, 3.63) is 35.6 Å². The van der Waals surface area contributed by atoms with Gasteiger partial charge in [0, 0.05) is 29.7 Å². The van der Waals surface area contributed by atoms with Crippen molar-refractivity contribution in [2.24, 2.45) is 0 Å². The summed E-state index contributed by atoms with van der Waals surface area (Å²) in [5.74, 6) is 1.57. The van der Waals surface area contributed by atoms with Gasteiger partial charge in [0.25, 0.3) is 0 Å². The Morgan fingerprint density at radius 3 is 2.89 bits per heavy atom. The molecule has 0 aliphatic rings. The van der Waals surface area contributed by atoms with E-state index in [1.54, 1.807) is 0 Å². The van der Waals surface area contributed by atoms with Crippen molar-refractivity contribution < 1.29 is 9.21 Å². The lowest BCUT2D eigenvalue weighted by atomic mass is 10.1. The fourth-order valence-corrected chi connectivity index (χ4v) is 2.16. The first-order valence-corrected chi connectivity index (χ1v) is 6.76. The van der Waals surface area contributed by atoms with E-state index in [0.29, 0.717) is 18.7 Å².